The lowest BCUT2D eigenvalue weighted by Gasteiger charge is -2.18. The quantitative estimate of drug-likeness (QED) is 0.197. The predicted molar refractivity (Wildman–Crippen MR) is 183 cm³/mol. The zero-order valence-corrected chi connectivity index (χ0v) is 22.6. The third-order valence-electron chi connectivity index (χ3n) is 8.09. The van der Waals surface area contributed by atoms with Crippen LogP contribution in [0.1, 0.15) is 15.1 Å². The van der Waals surface area contributed by atoms with Gasteiger partial charge in [-0.25, -0.2) is 0 Å². The van der Waals surface area contributed by atoms with Gasteiger partial charge in [0.15, 0.2) is 0 Å². The molecule has 9 aromatic rings. The van der Waals surface area contributed by atoms with E-state index in [0.717, 1.165) is 43.4 Å². The molecule has 0 saturated carbocycles. The number of benzene rings is 8. The Morgan fingerprint density at radius 3 is 1.81 bits per heavy atom. The third kappa shape index (κ3) is 3.65. The fraction of sp³-hybridized carbons (Fsp3) is 0. The highest BCUT2D eigenvalue weighted by molar-refractivity contribution is 6.25. The smallest absolute Gasteiger partial charge is 0.143 e. The van der Waals surface area contributed by atoms with Gasteiger partial charge in [-0.1, -0.05) is 145 Å². The Morgan fingerprint density at radius 1 is 0.442 bits per heavy atom. The molecule has 43 heavy (non-hydrogen) atoms. The van der Waals surface area contributed by atoms with Crippen LogP contribution in [-0.4, -0.2) is 0 Å². The van der Waals surface area contributed by atoms with Gasteiger partial charge in [-0.2, -0.15) is 0 Å². The van der Waals surface area contributed by atoms with Crippen molar-refractivity contribution >= 4 is 54.3 Å². The van der Waals surface area contributed by atoms with Crippen molar-refractivity contribution in [1.82, 2.24) is 0 Å². The SMILES string of the molecule is [2H]c1c([2H])c([2H])c(-c2c([2H])c([2H])c([2H])c3oc4c(-c5c6ccccc6c(-c6ccc7ccccc7c6)c6ccccc56)c([2H])c([2H])c([2H])c4c23)c([2H])c1[2H]. The molecule has 0 saturated heterocycles. The molecule has 0 aliphatic rings. The van der Waals surface area contributed by atoms with Gasteiger partial charge in [0, 0.05) is 21.9 Å². The molecule has 9 rings (SSSR count). The van der Waals surface area contributed by atoms with E-state index in [-0.39, 0.29) is 44.7 Å². The molecule has 0 fully saturated rings. The fourth-order valence-corrected chi connectivity index (χ4v) is 6.27. The summed E-state index contributed by atoms with van der Waals surface area (Å²) in [5, 5.41) is 5.17. The Balaban J connectivity index is 1.48. The highest BCUT2D eigenvalue weighted by Gasteiger charge is 2.21. The van der Waals surface area contributed by atoms with Crippen molar-refractivity contribution in [2.75, 3.05) is 0 Å². The molecule has 1 heterocycles. The van der Waals surface area contributed by atoms with Crippen LogP contribution in [0.5, 0.6) is 0 Å². The monoisotopic (exact) mass is 557 g/mol. The van der Waals surface area contributed by atoms with Crippen LogP contribution >= 0.6 is 0 Å². The molecule has 0 aliphatic carbocycles. The Bertz CT molecular complexity index is 3040. The minimum Gasteiger partial charge on any atom is -0.455 e. The summed E-state index contributed by atoms with van der Waals surface area (Å²) < 4.78 is 103. The number of fused-ring (bicyclic) bond motifs is 6. The molecule has 0 amide bonds. The first kappa shape index (κ1) is 15.5. The number of furan rings is 1. The second kappa shape index (κ2) is 9.44. The summed E-state index contributed by atoms with van der Waals surface area (Å²) in [4.78, 5) is 0. The fourth-order valence-electron chi connectivity index (χ4n) is 6.27. The molecule has 1 heteroatoms. The van der Waals surface area contributed by atoms with Crippen molar-refractivity contribution in [3.63, 3.8) is 0 Å². The molecule has 0 spiro atoms. The zero-order valence-electron chi connectivity index (χ0n) is 33.6. The maximum atomic E-state index is 9.37. The maximum Gasteiger partial charge on any atom is 0.143 e. The minimum atomic E-state index is -0.654. The van der Waals surface area contributed by atoms with E-state index in [9.17, 15) is 2.74 Å². The van der Waals surface area contributed by atoms with E-state index in [1.54, 1.807) is 0 Å². The number of para-hydroxylation sites is 1. The Morgan fingerprint density at radius 2 is 1.07 bits per heavy atom. The van der Waals surface area contributed by atoms with Gasteiger partial charge in [0.1, 0.15) is 11.2 Å². The standard InChI is InChI=1S/C42H26O/c1-2-13-28(14-3-1)31-20-11-23-38-41(31)37-22-10-21-36(42(37)43-38)40-34-18-8-6-16-32(34)39(33-17-7-9-19-35(33)40)30-25-24-27-12-4-5-15-29(27)26-30/h1-26H/i1D,2D,3D,10D,11D,13D,14D,20D,21D,22D,23D. The largest absolute Gasteiger partial charge is 0.455 e. The first-order valence-electron chi connectivity index (χ1n) is 19.4. The van der Waals surface area contributed by atoms with E-state index in [1.807, 2.05) is 60.7 Å². The van der Waals surface area contributed by atoms with Gasteiger partial charge in [-0.15, -0.1) is 0 Å². The van der Waals surface area contributed by atoms with Gasteiger partial charge in [0.25, 0.3) is 0 Å². The molecule has 1 nitrogen and oxygen atoms in total. The normalized spacial score (nSPS) is 15.3. The van der Waals surface area contributed by atoms with E-state index in [4.69, 9.17) is 16.8 Å². The van der Waals surface area contributed by atoms with Crippen LogP contribution in [0.4, 0.5) is 0 Å². The summed E-state index contributed by atoms with van der Waals surface area (Å²) in [6.45, 7) is 0. The summed E-state index contributed by atoms with van der Waals surface area (Å²) in [6.07, 6.45) is 0. The predicted octanol–water partition coefficient (Wildman–Crippen LogP) is 12.0. The molecular formula is C42H26O. The molecule has 0 atom stereocenters. The molecule has 0 aliphatic heterocycles. The van der Waals surface area contributed by atoms with Crippen molar-refractivity contribution < 1.29 is 19.5 Å². The van der Waals surface area contributed by atoms with Crippen molar-refractivity contribution in [3.8, 4) is 33.4 Å². The van der Waals surface area contributed by atoms with Gasteiger partial charge >= 0.3 is 0 Å². The zero-order chi connectivity index (χ0) is 37.9. The van der Waals surface area contributed by atoms with Crippen molar-refractivity contribution in [2.45, 2.75) is 0 Å². The number of hydrogen-bond acceptors (Lipinski definition) is 1. The Kier molecular flexibility index (Phi) is 3.41. The van der Waals surface area contributed by atoms with Crippen LogP contribution in [0.15, 0.2) is 162 Å². The molecule has 1 aromatic heterocycles. The third-order valence-corrected chi connectivity index (χ3v) is 8.09. The second-order valence-electron chi connectivity index (χ2n) is 10.4. The number of rotatable bonds is 3. The van der Waals surface area contributed by atoms with Crippen molar-refractivity contribution in [2.24, 2.45) is 0 Å². The lowest BCUT2D eigenvalue weighted by molar-refractivity contribution is 0.670. The Hall–Kier alpha value is -5.66. The Labute approximate surface area is 264 Å². The van der Waals surface area contributed by atoms with Gasteiger partial charge in [-0.3, -0.25) is 0 Å². The maximum absolute atomic E-state index is 9.37. The first-order chi connectivity index (χ1) is 25.9. The van der Waals surface area contributed by atoms with E-state index in [2.05, 4.69) is 30.3 Å². The summed E-state index contributed by atoms with van der Waals surface area (Å²) in [6, 6.07) is 23.7. The highest BCUT2D eigenvalue weighted by atomic mass is 16.3. The van der Waals surface area contributed by atoms with Crippen LogP contribution in [0.25, 0.3) is 87.6 Å². The summed E-state index contributed by atoms with van der Waals surface area (Å²) in [7, 11) is 0. The summed E-state index contributed by atoms with van der Waals surface area (Å²) >= 11 is 0. The molecule has 0 radical (unpaired) electrons. The average molecular weight is 558 g/mol. The average Bonchev–Trinajstić information content (AvgIpc) is 3.58. The van der Waals surface area contributed by atoms with Crippen LogP contribution < -0.4 is 0 Å². The highest BCUT2D eigenvalue weighted by Crippen LogP contribution is 2.47. The molecule has 0 bridgehead atoms. The van der Waals surface area contributed by atoms with Crippen molar-refractivity contribution in [3.05, 3.63) is 157 Å². The summed E-state index contributed by atoms with van der Waals surface area (Å²) in [5.41, 5.74) is 1.67. The molecule has 200 valence electrons. The topological polar surface area (TPSA) is 13.1 Å². The van der Waals surface area contributed by atoms with E-state index >= 15 is 0 Å². The van der Waals surface area contributed by atoms with Gasteiger partial charge < -0.3 is 4.42 Å². The van der Waals surface area contributed by atoms with E-state index in [0.29, 0.717) is 5.56 Å². The minimum absolute atomic E-state index is 0.0446. The van der Waals surface area contributed by atoms with Crippen LogP contribution in [0.3, 0.4) is 0 Å². The van der Waals surface area contributed by atoms with E-state index in [1.165, 1.54) is 0 Å². The second-order valence-corrected chi connectivity index (χ2v) is 10.4. The summed E-state index contributed by atoms with van der Waals surface area (Å²) in [5.74, 6) is 0. The lowest BCUT2D eigenvalue weighted by atomic mass is 9.85. The van der Waals surface area contributed by atoms with E-state index < -0.39 is 60.4 Å². The van der Waals surface area contributed by atoms with Crippen molar-refractivity contribution in [1.29, 1.82) is 0 Å². The van der Waals surface area contributed by atoms with Gasteiger partial charge in [0.2, 0.25) is 0 Å². The molecule has 8 aromatic carbocycles. The molecular weight excluding hydrogens is 520 g/mol. The van der Waals surface area contributed by atoms with Gasteiger partial charge in [0.05, 0.1) is 15.1 Å². The van der Waals surface area contributed by atoms with Crippen LogP contribution in [-0.2, 0) is 0 Å². The van der Waals surface area contributed by atoms with Gasteiger partial charge in [-0.05, 0) is 66.7 Å². The van der Waals surface area contributed by atoms with Crippen LogP contribution in [0.2, 0.25) is 0 Å². The first-order valence-corrected chi connectivity index (χ1v) is 13.9. The molecule has 0 unspecified atom stereocenters. The lowest BCUT2D eigenvalue weighted by Crippen LogP contribution is -1.91. The van der Waals surface area contributed by atoms with Crippen LogP contribution in [0, 0.1) is 0 Å². The molecule has 0 N–H and O–H groups in total. The number of hydrogen-bond donors (Lipinski definition) is 0.